The zero-order chi connectivity index (χ0) is 20.6. The normalized spacial score (nSPS) is 22.6. The van der Waals surface area contributed by atoms with Crippen LogP contribution in [0.5, 0.6) is 0 Å². The predicted octanol–water partition coefficient (Wildman–Crippen LogP) is 1.11. The van der Waals surface area contributed by atoms with Crippen LogP contribution in [0.15, 0.2) is 29.2 Å². The van der Waals surface area contributed by atoms with Crippen molar-refractivity contribution in [3.63, 3.8) is 0 Å². The first-order chi connectivity index (χ1) is 13.4. The quantitative estimate of drug-likeness (QED) is 0.480. The number of aliphatic hydroxyl groups excluding tert-OH is 1. The monoisotopic (exact) mass is 417 g/mol. The third-order valence-electron chi connectivity index (χ3n) is 4.51. The summed E-state index contributed by atoms with van der Waals surface area (Å²) >= 11 is 0. The summed E-state index contributed by atoms with van der Waals surface area (Å²) in [5, 5.41) is 15.1. The molecule has 1 heterocycles. The van der Waals surface area contributed by atoms with Gasteiger partial charge in [0.05, 0.1) is 23.6 Å². The van der Waals surface area contributed by atoms with Gasteiger partial charge in [-0.3, -0.25) is 0 Å². The average molecular weight is 418 g/mol. The largest absolute Gasteiger partial charge is 0.394 e. The molecule has 4 N–H and O–H groups in total. The number of rotatable bonds is 9. The minimum Gasteiger partial charge on any atom is -0.394 e. The Bertz CT molecular complexity index is 746. The van der Waals surface area contributed by atoms with Crippen LogP contribution in [0.3, 0.4) is 0 Å². The Balaban J connectivity index is 1.81. The Labute approximate surface area is 164 Å². The molecular formula is C18H28FN3O5S. The number of nitrogens with one attached hydrogen (secondary N) is 3. The first-order valence-electron chi connectivity index (χ1n) is 9.41. The van der Waals surface area contributed by atoms with Crippen molar-refractivity contribution in [2.24, 2.45) is 0 Å². The van der Waals surface area contributed by atoms with E-state index in [2.05, 4.69) is 15.4 Å². The summed E-state index contributed by atoms with van der Waals surface area (Å²) in [6, 6.07) is 4.20. The smallest absolute Gasteiger partial charge is 0.315 e. The van der Waals surface area contributed by atoms with Gasteiger partial charge in [0.15, 0.2) is 0 Å². The van der Waals surface area contributed by atoms with Gasteiger partial charge in [-0.05, 0) is 43.9 Å². The van der Waals surface area contributed by atoms with Crippen molar-refractivity contribution in [2.45, 2.75) is 55.8 Å². The van der Waals surface area contributed by atoms with E-state index in [0.717, 1.165) is 12.5 Å². The van der Waals surface area contributed by atoms with Gasteiger partial charge in [0.25, 0.3) is 0 Å². The van der Waals surface area contributed by atoms with Gasteiger partial charge in [0, 0.05) is 13.1 Å². The van der Waals surface area contributed by atoms with E-state index in [1.165, 1.54) is 18.2 Å². The Morgan fingerprint density at radius 2 is 2.11 bits per heavy atom. The highest BCUT2D eigenvalue weighted by molar-refractivity contribution is 7.89. The van der Waals surface area contributed by atoms with E-state index in [1.807, 2.05) is 6.92 Å². The second-order valence-corrected chi connectivity index (χ2v) is 8.47. The Kier molecular flexibility index (Phi) is 8.61. The van der Waals surface area contributed by atoms with Gasteiger partial charge in [-0.2, -0.15) is 0 Å². The standard InChI is InChI=1S/C18H28FN3O5S/c1-2-9-20-18(24)22-16-7-6-14(27-17(16)12-23)8-10-21-28(25,26)15-5-3-4-13(19)11-15/h3-5,11,14,16-17,21,23H,2,6-10,12H2,1H3,(H2,20,22,24)/t14-,16+,17+/m0/s1. The lowest BCUT2D eigenvalue weighted by molar-refractivity contribution is -0.0886. The third kappa shape index (κ3) is 6.69. The molecule has 0 unspecified atom stereocenters. The van der Waals surface area contributed by atoms with Gasteiger partial charge in [0.2, 0.25) is 10.0 Å². The molecule has 158 valence electrons. The molecular weight excluding hydrogens is 389 g/mol. The fourth-order valence-electron chi connectivity index (χ4n) is 3.04. The Morgan fingerprint density at radius 1 is 1.32 bits per heavy atom. The summed E-state index contributed by atoms with van der Waals surface area (Å²) in [4.78, 5) is 11.7. The van der Waals surface area contributed by atoms with Crippen molar-refractivity contribution >= 4 is 16.1 Å². The minimum absolute atomic E-state index is 0.122. The van der Waals surface area contributed by atoms with Gasteiger partial charge in [-0.15, -0.1) is 0 Å². The van der Waals surface area contributed by atoms with E-state index >= 15 is 0 Å². The summed E-state index contributed by atoms with van der Waals surface area (Å²) in [6.45, 7) is 2.39. The fraction of sp³-hybridized carbons (Fsp3) is 0.611. The number of sulfonamides is 1. The predicted molar refractivity (Wildman–Crippen MR) is 102 cm³/mol. The lowest BCUT2D eigenvalue weighted by Gasteiger charge is -2.36. The van der Waals surface area contributed by atoms with Crippen molar-refractivity contribution < 1.29 is 27.4 Å². The zero-order valence-electron chi connectivity index (χ0n) is 15.9. The molecule has 0 spiro atoms. The van der Waals surface area contributed by atoms with Gasteiger partial charge in [0.1, 0.15) is 11.9 Å². The second-order valence-electron chi connectivity index (χ2n) is 6.71. The van der Waals surface area contributed by atoms with Crippen LogP contribution in [-0.4, -0.2) is 57.5 Å². The highest BCUT2D eigenvalue weighted by Crippen LogP contribution is 2.22. The highest BCUT2D eigenvalue weighted by Gasteiger charge is 2.31. The number of urea groups is 1. The number of hydrogen-bond acceptors (Lipinski definition) is 5. The summed E-state index contributed by atoms with van der Waals surface area (Å²) in [5.41, 5.74) is 0. The molecule has 0 aliphatic carbocycles. The lowest BCUT2D eigenvalue weighted by atomic mass is 9.97. The SMILES string of the molecule is CCCNC(=O)N[C@@H]1CC[C@@H](CCNS(=O)(=O)c2cccc(F)c2)O[C@@H]1CO. The Hall–Kier alpha value is -1.75. The molecule has 8 nitrogen and oxygen atoms in total. The molecule has 2 rings (SSSR count). The molecule has 2 amide bonds. The molecule has 1 aliphatic heterocycles. The van der Waals surface area contributed by atoms with E-state index in [4.69, 9.17) is 4.74 Å². The molecule has 3 atom stereocenters. The first-order valence-corrected chi connectivity index (χ1v) is 10.9. The number of ether oxygens (including phenoxy) is 1. The summed E-state index contributed by atoms with van der Waals surface area (Å²) in [7, 11) is -3.80. The van der Waals surface area contributed by atoms with Gasteiger partial charge < -0.3 is 20.5 Å². The van der Waals surface area contributed by atoms with Crippen molar-refractivity contribution in [2.75, 3.05) is 19.7 Å². The average Bonchev–Trinajstić information content (AvgIpc) is 2.67. The van der Waals surface area contributed by atoms with E-state index in [-0.39, 0.29) is 36.2 Å². The third-order valence-corrected chi connectivity index (χ3v) is 5.97. The maximum atomic E-state index is 13.2. The number of carbonyl (C=O) groups is 1. The number of benzene rings is 1. The summed E-state index contributed by atoms with van der Waals surface area (Å²) in [6.07, 6.45) is 1.67. The molecule has 10 heteroatoms. The number of carbonyl (C=O) groups excluding carboxylic acids is 1. The maximum Gasteiger partial charge on any atom is 0.315 e. The van der Waals surface area contributed by atoms with Gasteiger partial charge in [-0.1, -0.05) is 13.0 Å². The molecule has 1 aliphatic rings. The number of halogens is 1. The van der Waals surface area contributed by atoms with Crippen LogP contribution in [0.1, 0.15) is 32.6 Å². The van der Waals surface area contributed by atoms with E-state index < -0.39 is 21.9 Å². The molecule has 1 aromatic rings. The molecule has 1 saturated heterocycles. The number of hydrogen-bond donors (Lipinski definition) is 4. The van der Waals surface area contributed by atoms with Crippen LogP contribution in [-0.2, 0) is 14.8 Å². The van der Waals surface area contributed by atoms with Crippen molar-refractivity contribution in [3.05, 3.63) is 30.1 Å². The molecule has 0 radical (unpaired) electrons. The molecule has 1 aromatic carbocycles. The Morgan fingerprint density at radius 3 is 2.79 bits per heavy atom. The molecule has 0 saturated carbocycles. The van der Waals surface area contributed by atoms with Crippen molar-refractivity contribution in [1.82, 2.24) is 15.4 Å². The van der Waals surface area contributed by atoms with Crippen LogP contribution >= 0.6 is 0 Å². The molecule has 0 bridgehead atoms. The van der Waals surface area contributed by atoms with Crippen LogP contribution in [0, 0.1) is 5.82 Å². The van der Waals surface area contributed by atoms with E-state index in [9.17, 15) is 22.7 Å². The van der Waals surface area contributed by atoms with Crippen molar-refractivity contribution in [1.29, 1.82) is 0 Å². The van der Waals surface area contributed by atoms with Crippen LogP contribution in [0.25, 0.3) is 0 Å². The van der Waals surface area contributed by atoms with Crippen LogP contribution in [0.4, 0.5) is 9.18 Å². The van der Waals surface area contributed by atoms with E-state index in [1.54, 1.807) is 0 Å². The van der Waals surface area contributed by atoms with Crippen molar-refractivity contribution in [3.8, 4) is 0 Å². The van der Waals surface area contributed by atoms with E-state index in [0.29, 0.717) is 25.8 Å². The number of amides is 2. The number of aliphatic hydroxyl groups is 1. The molecule has 0 aromatic heterocycles. The minimum atomic E-state index is -3.80. The zero-order valence-corrected chi connectivity index (χ0v) is 16.7. The topological polar surface area (TPSA) is 117 Å². The lowest BCUT2D eigenvalue weighted by Crippen LogP contribution is -2.53. The molecule has 28 heavy (non-hydrogen) atoms. The second kappa shape index (κ2) is 10.7. The van der Waals surface area contributed by atoms with Gasteiger partial charge in [-0.25, -0.2) is 22.3 Å². The summed E-state index contributed by atoms with van der Waals surface area (Å²) < 4.78 is 45.8. The highest BCUT2D eigenvalue weighted by atomic mass is 32.2. The summed E-state index contributed by atoms with van der Waals surface area (Å²) in [5.74, 6) is -0.620. The van der Waals surface area contributed by atoms with Gasteiger partial charge >= 0.3 is 6.03 Å². The molecule has 1 fully saturated rings. The fourth-order valence-corrected chi connectivity index (χ4v) is 4.12. The maximum absolute atomic E-state index is 13.2. The van der Waals surface area contributed by atoms with Crippen LogP contribution < -0.4 is 15.4 Å². The first kappa shape index (κ1) is 22.5. The van der Waals surface area contributed by atoms with Crippen LogP contribution in [0.2, 0.25) is 0 Å².